The Labute approximate surface area is 115 Å². The predicted molar refractivity (Wildman–Crippen MR) is 80.4 cm³/mol. The zero-order chi connectivity index (χ0) is 13.4. The molecule has 2 aromatic carbocycles. The number of benzene rings is 2. The number of aryl methyl sites for hydroxylation is 1. The van der Waals surface area contributed by atoms with Crippen LogP contribution in [0.5, 0.6) is 0 Å². The number of hydrogen-bond acceptors (Lipinski definition) is 2. The fourth-order valence-corrected chi connectivity index (χ4v) is 2.61. The van der Waals surface area contributed by atoms with Gasteiger partial charge in [0.25, 0.3) is 0 Å². The maximum atomic E-state index is 12.1. The molecule has 0 aliphatic carbocycles. The van der Waals surface area contributed by atoms with Crippen LogP contribution in [0.15, 0.2) is 52.2 Å². The molecule has 4 heteroatoms. The molecule has 3 aromatic rings. The van der Waals surface area contributed by atoms with Crippen molar-refractivity contribution in [2.24, 2.45) is 0 Å². The topological polar surface area (TPSA) is 37.8 Å². The molecule has 0 spiro atoms. The molecule has 3 rings (SSSR count). The summed E-state index contributed by atoms with van der Waals surface area (Å²) in [5.74, 6) is 0. The van der Waals surface area contributed by atoms with Gasteiger partial charge in [0.1, 0.15) is 0 Å². The van der Waals surface area contributed by atoms with E-state index in [4.69, 9.17) is 0 Å². The number of aromatic nitrogens is 2. The molecule has 0 fully saturated rings. The lowest BCUT2D eigenvalue weighted by Crippen LogP contribution is -2.14. The number of rotatable bonds is 2. The Balaban J connectivity index is 2.25. The van der Waals surface area contributed by atoms with Crippen LogP contribution in [-0.2, 0) is 0 Å². The Morgan fingerprint density at radius 1 is 1.11 bits per heavy atom. The molecule has 1 heterocycles. The fraction of sp³-hybridized carbons (Fsp3) is 0.133. The Bertz CT molecular complexity index is 784. The third-order valence-corrected chi connectivity index (χ3v) is 3.91. The normalized spacial score (nSPS) is 11.1. The number of nitrogens with zero attached hydrogens (tertiary/aromatic N) is 1. The van der Waals surface area contributed by atoms with E-state index in [9.17, 15) is 4.79 Å². The Morgan fingerprint density at radius 3 is 2.53 bits per heavy atom. The summed E-state index contributed by atoms with van der Waals surface area (Å²) in [4.78, 5) is 16.2. The molecule has 1 N–H and O–H groups in total. The van der Waals surface area contributed by atoms with E-state index in [1.165, 1.54) is 4.90 Å². The van der Waals surface area contributed by atoms with Crippen molar-refractivity contribution in [2.75, 3.05) is 6.26 Å². The monoisotopic (exact) mass is 270 g/mol. The summed E-state index contributed by atoms with van der Waals surface area (Å²) in [6.07, 6.45) is 2.04. The van der Waals surface area contributed by atoms with Gasteiger partial charge in [0, 0.05) is 4.90 Å². The van der Waals surface area contributed by atoms with Crippen LogP contribution in [0, 0.1) is 6.92 Å². The highest BCUT2D eigenvalue weighted by molar-refractivity contribution is 7.98. The number of hydrogen-bond donors (Lipinski definition) is 1. The molecule has 0 unspecified atom stereocenters. The second-order valence-electron chi connectivity index (χ2n) is 4.48. The van der Waals surface area contributed by atoms with E-state index >= 15 is 0 Å². The average molecular weight is 270 g/mol. The molecule has 0 saturated carbocycles. The molecule has 3 nitrogen and oxygen atoms in total. The Kier molecular flexibility index (Phi) is 2.95. The molecule has 0 radical (unpaired) electrons. The van der Waals surface area contributed by atoms with Crippen molar-refractivity contribution < 1.29 is 0 Å². The largest absolute Gasteiger partial charge is 0.331 e. The highest BCUT2D eigenvalue weighted by atomic mass is 32.2. The minimum Gasteiger partial charge on any atom is -0.305 e. The zero-order valence-electron chi connectivity index (χ0n) is 10.8. The predicted octanol–water partition coefficient (Wildman–Crippen LogP) is 3.35. The van der Waals surface area contributed by atoms with Crippen LogP contribution in [0.1, 0.15) is 5.56 Å². The number of nitrogens with one attached hydrogen (secondary N) is 1. The smallest absolute Gasteiger partial charge is 0.305 e. The molecule has 96 valence electrons. The molecule has 0 aliphatic rings. The van der Waals surface area contributed by atoms with Gasteiger partial charge in [-0.1, -0.05) is 6.07 Å². The number of aromatic amines is 1. The Morgan fingerprint density at radius 2 is 1.84 bits per heavy atom. The lowest BCUT2D eigenvalue weighted by Gasteiger charge is -2.04. The molecule has 0 aliphatic heterocycles. The lowest BCUT2D eigenvalue weighted by molar-refractivity contribution is 1.01. The van der Waals surface area contributed by atoms with Gasteiger partial charge >= 0.3 is 5.69 Å². The Hall–Kier alpha value is -1.94. The summed E-state index contributed by atoms with van der Waals surface area (Å²) < 4.78 is 1.71. The molecule has 0 atom stereocenters. The van der Waals surface area contributed by atoms with Gasteiger partial charge in [0.15, 0.2) is 0 Å². The molecule has 0 amide bonds. The van der Waals surface area contributed by atoms with Gasteiger partial charge in [0.2, 0.25) is 0 Å². The summed E-state index contributed by atoms with van der Waals surface area (Å²) in [7, 11) is 0. The highest BCUT2D eigenvalue weighted by Crippen LogP contribution is 2.20. The molecule has 0 bridgehead atoms. The van der Waals surface area contributed by atoms with E-state index in [0.29, 0.717) is 0 Å². The van der Waals surface area contributed by atoms with Gasteiger partial charge in [-0.25, -0.2) is 4.79 Å². The fourth-order valence-electron chi connectivity index (χ4n) is 2.20. The maximum Gasteiger partial charge on any atom is 0.331 e. The van der Waals surface area contributed by atoms with Crippen molar-refractivity contribution in [3.63, 3.8) is 0 Å². The molecular formula is C15H14N2OS. The zero-order valence-corrected chi connectivity index (χ0v) is 11.6. The van der Waals surface area contributed by atoms with Gasteiger partial charge in [-0.15, -0.1) is 11.8 Å². The van der Waals surface area contributed by atoms with Gasteiger partial charge in [-0.05, 0) is 55.1 Å². The quantitative estimate of drug-likeness (QED) is 0.725. The van der Waals surface area contributed by atoms with Gasteiger partial charge in [-0.3, -0.25) is 4.57 Å². The first kappa shape index (κ1) is 12.1. The van der Waals surface area contributed by atoms with Crippen LogP contribution in [0.4, 0.5) is 0 Å². The van der Waals surface area contributed by atoms with Crippen LogP contribution in [0.2, 0.25) is 0 Å². The minimum absolute atomic E-state index is 0.0995. The summed E-state index contributed by atoms with van der Waals surface area (Å²) in [5, 5.41) is 0. The third kappa shape index (κ3) is 2.08. The van der Waals surface area contributed by atoms with Crippen LogP contribution in [0.3, 0.4) is 0 Å². The number of imidazole rings is 1. The molecule has 19 heavy (non-hydrogen) atoms. The van der Waals surface area contributed by atoms with Crippen LogP contribution < -0.4 is 5.69 Å². The van der Waals surface area contributed by atoms with E-state index in [0.717, 1.165) is 22.3 Å². The first-order chi connectivity index (χ1) is 9.19. The van der Waals surface area contributed by atoms with E-state index in [-0.39, 0.29) is 5.69 Å². The number of H-pyrrole nitrogens is 1. The first-order valence-corrected chi connectivity index (χ1v) is 7.27. The van der Waals surface area contributed by atoms with Gasteiger partial charge in [0.05, 0.1) is 16.7 Å². The van der Waals surface area contributed by atoms with Crippen LogP contribution in [-0.4, -0.2) is 15.8 Å². The van der Waals surface area contributed by atoms with Crippen molar-refractivity contribution in [3.8, 4) is 5.69 Å². The van der Waals surface area contributed by atoms with Crippen molar-refractivity contribution in [3.05, 3.63) is 58.5 Å². The van der Waals surface area contributed by atoms with Crippen LogP contribution in [0.25, 0.3) is 16.7 Å². The van der Waals surface area contributed by atoms with E-state index in [1.54, 1.807) is 16.3 Å². The summed E-state index contributed by atoms with van der Waals surface area (Å²) in [6, 6.07) is 14.0. The first-order valence-electron chi connectivity index (χ1n) is 6.05. The summed E-state index contributed by atoms with van der Waals surface area (Å²) in [5.41, 5.74) is 3.71. The summed E-state index contributed by atoms with van der Waals surface area (Å²) in [6.45, 7) is 2.03. The summed E-state index contributed by atoms with van der Waals surface area (Å²) >= 11 is 1.69. The highest BCUT2D eigenvalue weighted by Gasteiger charge is 2.08. The average Bonchev–Trinajstić information content (AvgIpc) is 2.74. The van der Waals surface area contributed by atoms with E-state index < -0.39 is 0 Å². The number of fused-ring (bicyclic) bond motifs is 1. The number of thioether (sulfide) groups is 1. The SMILES string of the molecule is CSc1ccc(-n2c(=O)[nH]c3ccc(C)cc32)cc1. The molecular weight excluding hydrogens is 256 g/mol. The third-order valence-electron chi connectivity index (χ3n) is 3.17. The second kappa shape index (κ2) is 4.63. The van der Waals surface area contributed by atoms with Crippen molar-refractivity contribution in [1.82, 2.24) is 9.55 Å². The minimum atomic E-state index is -0.0995. The van der Waals surface area contributed by atoms with Gasteiger partial charge in [-0.2, -0.15) is 0 Å². The van der Waals surface area contributed by atoms with Crippen LogP contribution >= 0.6 is 11.8 Å². The van der Waals surface area contributed by atoms with Crippen molar-refractivity contribution >= 4 is 22.8 Å². The molecule has 0 saturated heterocycles. The van der Waals surface area contributed by atoms with Crippen molar-refractivity contribution in [2.45, 2.75) is 11.8 Å². The standard InChI is InChI=1S/C15H14N2OS/c1-10-3-8-13-14(9-10)17(15(18)16-13)11-4-6-12(19-2)7-5-11/h3-9H,1-2H3,(H,16,18). The lowest BCUT2D eigenvalue weighted by atomic mass is 10.2. The maximum absolute atomic E-state index is 12.1. The van der Waals surface area contributed by atoms with Crippen molar-refractivity contribution in [1.29, 1.82) is 0 Å². The van der Waals surface area contributed by atoms with E-state index in [1.807, 2.05) is 55.6 Å². The van der Waals surface area contributed by atoms with E-state index in [2.05, 4.69) is 4.98 Å². The second-order valence-corrected chi connectivity index (χ2v) is 5.36. The molecule has 1 aromatic heterocycles. The van der Waals surface area contributed by atoms with Gasteiger partial charge < -0.3 is 4.98 Å².